The summed E-state index contributed by atoms with van der Waals surface area (Å²) < 4.78 is 79.4. The molecule has 0 amide bonds. The molecule has 0 heterocycles. The molecule has 2 aromatic carbocycles. The molecule has 0 N–H and O–H groups in total. The molecule has 0 saturated carbocycles. The zero-order chi connectivity index (χ0) is 15.6. The summed E-state index contributed by atoms with van der Waals surface area (Å²) in [6.07, 6.45) is -7.87. The molecule has 0 aliphatic heterocycles. The van der Waals surface area contributed by atoms with Gasteiger partial charge in [-0.3, -0.25) is 0 Å². The molecular weight excluding hydrogens is 298 g/mol. The first-order valence-corrected chi connectivity index (χ1v) is 5.70. The van der Waals surface area contributed by atoms with Crippen LogP contribution in [0.5, 0.6) is 5.75 Å². The highest BCUT2D eigenvalue weighted by Gasteiger charge is 2.32. The van der Waals surface area contributed by atoms with Crippen LogP contribution >= 0.6 is 0 Å². The van der Waals surface area contributed by atoms with Gasteiger partial charge >= 0.3 is 6.36 Å². The summed E-state index contributed by atoms with van der Waals surface area (Å²) in [6.45, 7) is 0. The van der Waals surface area contributed by atoms with E-state index in [-0.39, 0.29) is 11.1 Å². The van der Waals surface area contributed by atoms with E-state index < -0.39 is 29.9 Å². The lowest BCUT2D eigenvalue weighted by Crippen LogP contribution is -2.17. The van der Waals surface area contributed by atoms with Crippen LogP contribution in [0.25, 0.3) is 11.1 Å². The zero-order valence-corrected chi connectivity index (χ0v) is 10.3. The standard InChI is InChI=1S/C14H8F6O/c15-10-6-8(5-9(7-10)13(16)17)11-3-1-2-4-12(11)21-14(18,19)20/h1-7,13H. The van der Waals surface area contributed by atoms with E-state index in [0.29, 0.717) is 6.07 Å². The van der Waals surface area contributed by atoms with Gasteiger partial charge < -0.3 is 4.74 Å². The van der Waals surface area contributed by atoms with Crippen molar-refractivity contribution in [3.8, 4) is 16.9 Å². The summed E-state index contributed by atoms with van der Waals surface area (Å²) in [4.78, 5) is 0. The van der Waals surface area contributed by atoms with Crippen molar-refractivity contribution >= 4 is 0 Å². The number of hydrogen-bond acceptors (Lipinski definition) is 1. The van der Waals surface area contributed by atoms with Crippen molar-refractivity contribution < 1.29 is 31.1 Å². The van der Waals surface area contributed by atoms with Crippen LogP contribution in [-0.4, -0.2) is 6.36 Å². The molecule has 0 spiro atoms. The fourth-order valence-electron chi connectivity index (χ4n) is 1.81. The minimum atomic E-state index is -4.94. The zero-order valence-electron chi connectivity index (χ0n) is 10.3. The normalized spacial score (nSPS) is 11.8. The van der Waals surface area contributed by atoms with Crippen LogP contribution in [-0.2, 0) is 0 Å². The third-order valence-corrected chi connectivity index (χ3v) is 2.60. The average molecular weight is 306 g/mol. The Kier molecular flexibility index (Phi) is 4.11. The Balaban J connectivity index is 2.52. The summed E-state index contributed by atoms with van der Waals surface area (Å²) in [5, 5.41) is 0. The summed E-state index contributed by atoms with van der Waals surface area (Å²) in [5.74, 6) is -1.56. The molecule has 2 rings (SSSR count). The van der Waals surface area contributed by atoms with Crippen LogP contribution in [0.3, 0.4) is 0 Å². The van der Waals surface area contributed by atoms with E-state index >= 15 is 0 Å². The maximum atomic E-state index is 13.3. The first-order valence-electron chi connectivity index (χ1n) is 5.70. The van der Waals surface area contributed by atoms with Gasteiger partial charge in [-0.25, -0.2) is 13.2 Å². The van der Waals surface area contributed by atoms with E-state index in [2.05, 4.69) is 4.74 Å². The van der Waals surface area contributed by atoms with Crippen LogP contribution in [0, 0.1) is 5.82 Å². The molecule has 7 heteroatoms. The predicted molar refractivity (Wildman–Crippen MR) is 63.5 cm³/mol. The van der Waals surface area contributed by atoms with Gasteiger partial charge in [-0.1, -0.05) is 18.2 Å². The quantitative estimate of drug-likeness (QED) is 0.696. The lowest BCUT2D eigenvalue weighted by molar-refractivity contribution is -0.274. The molecule has 1 nitrogen and oxygen atoms in total. The molecular formula is C14H8F6O. The number of alkyl halides is 5. The molecule has 0 radical (unpaired) electrons. The number of benzene rings is 2. The van der Waals surface area contributed by atoms with Crippen molar-refractivity contribution in [1.29, 1.82) is 0 Å². The Labute approximate surface area is 115 Å². The molecule has 0 unspecified atom stereocenters. The Hall–Kier alpha value is -2.18. The Morgan fingerprint density at radius 3 is 2.24 bits per heavy atom. The third kappa shape index (κ3) is 3.90. The number of ether oxygens (including phenoxy) is 1. The van der Waals surface area contributed by atoms with Gasteiger partial charge in [0.25, 0.3) is 6.43 Å². The van der Waals surface area contributed by atoms with Crippen LogP contribution in [0.15, 0.2) is 42.5 Å². The lowest BCUT2D eigenvalue weighted by atomic mass is 10.0. The number of halogens is 6. The monoisotopic (exact) mass is 306 g/mol. The van der Waals surface area contributed by atoms with Crippen LogP contribution in [0.1, 0.15) is 12.0 Å². The Morgan fingerprint density at radius 1 is 0.952 bits per heavy atom. The number of rotatable bonds is 3. The molecule has 0 saturated heterocycles. The van der Waals surface area contributed by atoms with Crippen molar-refractivity contribution in [3.63, 3.8) is 0 Å². The van der Waals surface area contributed by atoms with Crippen molar-refractivity contribution in [2.45, 2.75) is 12.8 Å². The van der Waals surface area contributed by atoms with Crippen molar-refractivity contribution in [2.24, 2.45) is 0 Å². The summed E-state index contributed by atoms with van der Waals surface area (Å²) >= 11 is 0. The summed E-state index contributed by atoms with van der Waals surface area (Å²) in [6, 6.07) is 7.35. The van der Waals surface area contributed by atoms with E-state index in [1.165, 1.54) is 18.2 Å². The molecule has 0 aliphatic carbocycles. The number of hydrogen-bond donors (Lipinski definition) is 0. The predicted octanol–water partition coefficient (Wildman–Crippen LogP) is 5.33. The van der Waals surface area contributed by atoms with E-state index in [0.717, 1.165) is 18.2 Å². The minimum absolute atomic E-state index is 0.120. The molecule has 0 atom stereocenters. The highest BCUT2D eigenvalue weighted by molar-refractivity contribution is 5.71. The van der Waals surface area contributed by atoms with Crippen LogP contribution in [0.4, 0.5) is 26.3 Å². The van der Waals surface area contributed by atoms with Gasteiger partial charge in [-0.05, 0) is 29.8 Å². The molecule has 0 aromatic heterocycles. The van der Waals surface area contributed by atoms with Gasteiger partial charge in [0.2, 0.25) is 0 Å². The second-order valence-corrected chi connectivity index (χ2v) is 4.12. The molecule has 112 valence electrons. The first kappa shape index (κ1) is 15.2. The van der Waals surface area contributed by atoms with Gasteiger partial charge in [0.05, 0.1) is 0 Å². The maximum Gasteiger partial charge on any atom is 0.573 e. The van der Waals surface area contributed by atoms with Crippen molar-refractivity contribution in [3.05, 3.63) is 53.8 Å². The summed E-state index contributed by atoms with van der Waals surface area (Å²) in [5.41, 5.74) is -0.867. The fraction of sp³-hybridized carbons (Fsp3) is 0.143. The topological polar surface area (TPSA) is 9.23 Å². The van der Waals surface area contributed by atoms with E-state index in [9.17, 15) is 26.3 Å². The fourth-order valence-corrected chi connectivity index (χ4v) is 1.81. The maximum absolute atomic E-state index is 13.3. The second-order valence-electron chi connectivity index (χ2n) is 4.12. The smallest absolute Gasteiger partial charge is 0.405 e. The van der Waals surface area contributed by atoms with E-state index in [1.807, 2.05) is 0 Å². The van der Waals surface area contributed by atoms with Gasteiger partial charge in [0.15, 0.2) is 0 Å². The van der Waals surface area contributed by atoms with Gasteiger partial charge in [0.1, 0.15) is 11.6 Å². The highest BCUT2D eigenvalue weighted by Crippen LogP contribution is 2.35. The van der Waals surface area contributed by atoms with Gasteiger partial charge in [-0.15, -0.1) is 13.2 Å². The molecule has 2 aromatic rings. The van der Waals surface area contributed by atoms with Crippen molar-refractivity contribution in [2.75, 3.05) is 0 Å². The first-order chi connectivity index (χ1) is 9.76. The Morgan fingerprint density at radius 2 is 1.62 bits per heavy atom. The van der Waals surface area contributed by atoms with E-state index in [4.69, 9.17) is 0 Å². The molecule has 0 fully saturated rings. The number of para-hydroxylation sites is 1. The molecule has 0 bridgehead atoms. The van der Waals surface area contributed by atoms with Gasteiger partial charge in [0, 0.05) is 11.1 Å². The minimum Gasteiger partial charge on any atom is -0.405 e. The SMILES string of the molecule is Fc1cc(-c2ccccc2OC(F)(F)F)cc(C(F)F)c1. The van der Waals surface area contributed by atoms with E-state index in [1.54, 1.807) is 0 Å². The van der Waals surface area contributed by atoms with Crippen molar-refractivity contribution in [1.82, 2.24) is 0 Å². The average Bonchev–Trinajstić information content (AvgIpc) is 2.36. The van der Waals surface area contributed by atoms with Crippen LogP contribution < -0.4 is 4.74 Å². The lowest BCUT2D eigenvalue weighted by Gasteiger charge is -2.14. The second kappa shape index (κ2) is 5.67. The Bertz CT molecular complexity index is 636. The third-order valence-electron chi connectivity index (χ3n) is 2.60. The van der Waals surface area contributed by atoms with Gasteiger partial charge in [-0.2, -0.15) is 0 Å². The molecule has 21 heavy (non-hydrogen) atoms. The summed E-state index contributed by atoms with van der Waals surface area (Å²) in [7, 11) is 0. The highest BCUT2D eigenvalue weighted by atomic mass is 19.4. The van der Waals surface area contributed by atoms with Crippen LogP contribution in [0.2, 0.25) is 0 Å². The largest absolute Gasteiger partial charge is 0.573 e. The molecule has 0 aliphatic rings.